The predicted octanol–water partition coefficient (Wildman–Crippen LogP) is 3.09. The summed E-state index contributed by atoms with van der Waals surface area (Å²) in [5.41, 5.74) is 3.58. The number of ketones is 1. The van der Waals surface area contributed by atoms with E-state index < -0.39 is 6.09 Å². The largest absolute Gasteiger partial charge is 0.445 e. The fraction of sp³-hybridized carbons (Fsp3) is 0.200. The van der Waals surface area contributed by atoms with E-state index >= 15 is 0 Å². The summed E-state index contributed by atoms with van der Waals surface area (Å²) < 4.78 is 5.09. The monoisotopic (exact) mass is 319 g/mol. The second kappa shape index (κ2) is 7.47. The van der Waals surface area contributed by atoms with Crippen LogP contribution in [0.2, 0.25) is 0 Å². The number of fused-ring (bicyclic) bond motifs is 1. The Bertz CT molecular complexity index is 816. The van der Waals surface area contributed by atoms with Gasteiger partial charge in [-0.15, -0.1) is 0 Å². The SMILES string of the molecule is O=C(NCC#Cc1ccc2c(c1)C(=O)CC2)OCc1ccccc1. The summed E-state index contributed by atoms with van der Waals surface area (Å²) in [7, 11) is 0. The van der Waals surface area contributed by atoms with Gasteiger partial charge in [0, 0.05) is 17.5 Å². The average Bonchev–Trinajstić information content (AvgIpc) is 2.98. The number of aryl methyl sites for hydroxylation is 1. The Labute approximate surface area is 140 Å². The zero-order chi connectivity index (χ0) is 16.8. The number of amides is 1. The van der Waals surface area contributed by atoms with Crippen LogP contribution in [0.3, 0.4) is 0 Å². The van der Waals surface area contributed by atoms with Gasteiger partial charge < -0.3 is 10.1 Å². The fourth-order valence-corrected chi connectivity index (χ4v) is 2.55. The minimum absolute atomic E-state index is 0.177. The van der Waals surface area contributed by atoms with Crippen molar-refractivity contribution in [2.45, 2.75) is 19.4 Å². The summed E-state index contributed by atoms with van der Waals surface area (Å²) in [6, 6.07) is 15.2. The smallest absolute Gasteiger partial charge is 0.408 e. The molecule has 0 unspecified atom stereocenters. The quantitative estimate of drug-likeness (QED) is 0.885. The number of rotatable bonds is 3. The molecule has 3 rings (SSSR count). The fourth-order valence-electron chi connectivity index (χ4n) is 2.55. The van der Waals surface area contributed by atoms with Crippen LogP contribution in [0, 0.1) is 11.8 Å². The van der Waals surface area contributed by atoms with Crippen LogP contribution in [0.1, 0.15) is 33.5 Å². The standard InChI is InChI=1S/C20H17NO3/c22-19-11-10-17-9-8-15(13-18(17)19)7-4-12-21-20(23)24-14-16-5-2-1-3-6-16/h1-3,5-6,8-9,13H,10-12,14H2,(H,21,23). The molecule has 1 amide bonds. The molecule has 2 aromatic carbocycles. The van der Waals surface area contributed by atoms with Crippen LogP contribution in [0.4, 0.5) is 4.79 Å². The van der Waals surface area contributed by atoms with Gasteiger partial charge in [-0.2, -0.15) is 0 Å². The van der Waals surface area contributed by atoms with E-state index in [1.807, 2.05) is 48.5 Å². The van der Waals surface area contributed by atoms with E-state index in [-0.39, 0.29) is 18.9 Å². The number of Topliss-reactive ketones (excluding diaryl/α,β-unsaturated/α-hetero) is 1. The molecule has 0 aliphatic heterocycles. The lowest BCUT2D eigenvalue weighted by Crippen LogP contribution is -2.24. The first-order chi connectivity index (χ1) is 11.7. The normalized spacial score (nSPS) is 12.1. The van der Waals surface area contributed by atoms with Crippen molar-refractivity contribution in [2.75, 3.05) is 6.54 Å². The number of carbonyl (C=O) groups is 2. The highest BCUT2D eigenvalue weighted by Gasteiger charge is 2.18. The molecule has 0 atom stereocenters. The van der Waals surface area contributed by atoms with E-state index in [0.29, 0.717) is 6.42 Å². The molecule has 0 bridgehead atoms. The maximum atomic E-state index is 11.7. The molecule has 0 aromatic heterocycles. The van der Waals surface area contributed by atoms with Crippen molar-refractivity contribution in [3.8, 4) is 11.8 Å². The molecule has 120 valence electrons. The predicted molar refractivity (Wildman–Crippen MR) is 90.6 cm³/mol. The minimum atomic E-state index is -0.503. The molecule has 0 radical (unpaired) electrons. The Morgan fingerprint density at radius 2 is 1.96 bits per heavy atom. The zero-order valence-corrected chi connectivity index (χ0v) is 13.2. The van der Waals surface area contributed by atoms with E-state index in [1.165, 1.54) is 0 Å². The van der Waals surface area contributed by atoms with E-state index in [2.05, 4.69) is 17.2 Å². The maximum Gasteiger partial charge on any atom is 0.408 e. The molecule has 1 N–H and O–H groups in total. The van der Waals surface area contributed by atoms with Gasteiger partial charge in [0.15, 0.2) is 5.78 Å². The van der Waals surface area contributed by atoms with E-state index in [9.17, 15) is 9.59 Å². The number of hydrogen-bond acceptors (Lipinski definition) is 3. The van der Waals surface area contributed by atoms with Crippen LogP contribution in [0.25, 0.3) is 0 Å². The Balaban J connectivity index is 1.47. The average molecular weight is 319 g/mol. The van der Waals surface area contributed by atoms with Crippen molar-refractivity contribution in [1.82, 2.24) is 5.32 Å². The van der Waals surface area contributed by atoms with Crippen LogP contribution in [0.5, 0.6) is 0 Å². The van der Waals surface area contributed by atoms with Gasteiger partial charge in [0.1, 0.15) is 6.61 Å². The molecule has 0 fully saturated rings. The lowest BCUT2D eigenvalue weighted by atomic mass is 10.1. The molecule has 0 spiro atoms. The number of carbonyl (C=O) groups excluding carboxylic acids is 2. The Morgan fingerprint density at radius 1 is 1.12 bits per heavy atom. The summed E-state index contributed by atoms with van der Waals surface area (Å²) in [5.74, 6) is 5.99. The van der Waals surface area contributed by atoms with Gasteiger partial charge in [-0.1, -0.05) is 48.2 Å². The number of benzene rings is 2. The maximum absolute atomic E-state index is 11.7. The second-order valence-electron chi connectivity index (χ2n) is 5.51. The first-order valence-electron chi connectivity index (χ1n) is 7.82. The van der Waals surface area contributed by atoms with Crippen LogP contribution in [-0.2, 0) is 17.8 Å². The molecule has 24 heavy (non-hydrogen) atoms. The summed E-state index contributed by atoms with van der Waals surface area (Å²) >= 11 is 0. The first-order valence-corrected chi connectivity index (χ1v) is 7.82. The van der Waals surface area contributed by atoms with Crippen molar-refractivity contribution in [3.63, 3.8) is 0 Å². The summed E-state index contributed by atoms with van der Waals surface area (Å²) in [6.07, 6.45) is 0.898. The Kier molecular flexibility index (Phi) is 4.93. The van der Waals surface area contributed by atoms with Gasteiger partial charge in [-0.3, -0.25) is 4.79 Å². The number of ether oxygens (including phenoxy) is 1. The van der Waals surface area contributed by atoms with Crippen molar-refractivity contribution in [3.05, 3.63) is 70.8 Å². The molecule has 0 saturated carbocycles. The Hall–Kier alpha value is -3.06. The van der Waals surface area contributed by atoms with Gasteiger partial charge in [-0.25, -0.2) is 4.79 Å². The number of nitrogens with one attached hydrogen (secondary N) is 1. The lowest BCUT2D eigenvalue weighted by Gasteiger charge is -2.04. The van der Waals surface area contributed by atoms with Crippen LogP contribution >= 0.6 is 0 Å². The van der Waals surface area contributed by atoms with Crippen LogP contribution < -0.4 is 5.32 Å². The van der Waals surface area contributed by atoms with Gasteiger partial charge in [0.25, 0.3) is 0 Å². The van der Waals surface area contributed by atoms with Gasteiger partial charge in [-0.05, 0) is 29.7 Å². The van der Waals surface area contributed by atoms with Crippen LogP contribution in [0.15, 0.2) is 48.5 Å². The topological polar surface area (TPSA) is 55.4 Å². The summed E-state index contributed by atoms with van der Waals surface area (Å²) in [4.78, 5) is 23.3. The highest BCUT2D eigenvalue weighted by atomic mass is 16.5. The highest BCUT2D eigenvalue weighted by Crippen LogP contribution is 2.22. The first kappa shape index (κ1) is 15.8. The van der Waals surface area contributed by atoms with Crippen molar-refractivity contribution in [2.24, 2.45) is 0 Å². The highest BCUT2D eigenvalue weighted by molar-refractivity contribution is 6.00. The molecule has 4 heteroatoms. The van der Waals surface area contributed by atoms with Crippen molar-refractivity contribution < 1.29 is 14.3 Å². The van der Waals surface area contributed by atoms with Crippen molar-refractivity contribution in [1.29, 1.82) is 0 Å². The van der Waals surface area contributed by atoms with E-state index in [0.717, 1.165) is 28.7 Å². The summed E-state index contributed by atoms with van der Waals surface area (Å²) in [6.45, 7) is 0.422. The number of alkyl carbamates (subject to hydrolysis) is 1. The molecule has 1 aliphatic rings. The van der Waals surface area contributed by atoms with E-state index in [1.54, 1.807) is 0 Å². The van der Waals surface area contributed by atoms with Crippen LogP contribution in [-0.4, -0.2) is 18.4 Å². The third kappa shape index (κ3) is 4.02. The molecular weight excluding hydrogens is 302 g/mol. The molecule has 2 aromatic rings. The molecular formula is C20H17NO3. The second-order valence-corrected chi connectivity index (χ2v) is 5.51. The van der Waals surface area contributed by atoms with Gasteiger partial charge >= 0.3 is 6.09 Å². The molecule has 4 nitrogen and oxygen atoms in total. The zero-order valence-electron chi connectivity index (χ0n) is 13.2. The van der Waals surface area contributed by atoms with E-state index in [4.69, 9.17) is 4.74 Å². The summed E-state index contributed by atoms with van der Waals surface area (Å²) in [5, 5.41) is 2.58. The third-order valence-corrected chi connectivity index (χ3v) is 3.80. The Morgan fingerprint density at radius 3 is 2.79 bits per heavy atom. The molecule has 0 saturated heterocycles. The third-order valence-electron chi connectivity index (χ3n) is 3.80. The van der Waals surface area contributed by atoms with Gasteiger partial charge in [0.05, 0.1) is 6.54 Å². The molecule has 1 aliphatic carbocycles. The minimum Gasteiger partial charge on any atom is -0.445 e. The lowest BCUT2D eigenvalue weighted by molar-refractivity contribution is 0.0994. The number of hydrogen-bond donors (Lipinski definition) is 1. The van der Waals surface area contributed by atoms with Gasteiger partial charge in [0.2, 0.25) is 0 Å². The molecule has 0 heterocycles. The van der Waals surface area contributed by atoms with Crippen molar-refractivity contribution >= 4 is 11.9 Å².